The van der Waals surface area contributed by atoms with Gasteiger partial charge in [-0.05, 0) is 51.8 Å². The minimum absolute atomic E-state index is 0.0151. The molecule has 0 spiro atoms. The maximum Gasteiger partial charge on any atom is 0.312 e. The molecule has 0 unspecified atom stereocenters. The molecule has 0 atom stereocenters. The molecule has 3 heterocycles. The van der Waals surface area contributed by atoms with Crippen LogP contribution in [-0.4, -0.2) is 38.6 Å². The predicted molar refractivity (Wildman–Crippen MR) is 123 cm³/mol. The Morgan fingerprint density at radius 2 is 2.16 bits per heavy atom. The van der Waals surface area contributed by atoms with Crippen LogP contribution in [0.1, 0.15) is 37.2 Å². The molecule has 0 saturated carbocycles. The molecule has 1 aromatic carbocycles. The van der Waals surface area contributed by atoms with Crippen molar-refractivity contribution in [3.8, 4) is 5.75 Å². The van der Waals surface area contributed by atoms with E-state index >= 15 is 0 Å². The predicted octanol–water partition coefficient (Wildman–Crippen LogP) is 2.84. The molecule has 3 aromatic rings. The topological polar surface area (TPSA) is 108 Å². The number of rotatable bonds is 7. The van der Waals surface area contributed by atoms with Gasteiger partial charge in [-0.25, -0.2) is 4.98 Å². The summed E-state index contributed by atoms with van der Waals surface area (Å²) in [6.45, 7) is 5.67. The largest absolute Gasteiger partial charge is 0.493 e. The lowest BCUT2D eigenvalue weighted by Crippen LogP contribution is -2.28. The summed E-state index contributed by atoms with van der Waals surface area (Å²) in [5, 5.41) is 2.90. The summed E-state index contributed by atoms with van der Waals surface area (Å²) < 4.78 is 22.5. The summed E-state index contributed by atoms with van der Waals surface area (Å²) in [6.07, 6.45) is 0.685. The molecule has 0 aliphatic carbocycles. The Kier molecular flexibility index (Phi) is 6.26. The van der Waals surface area contributed by atoms with Gasteiger partial charge in [-0.2, -0.15) is 14.4 Å². The molecule has 10 heteroatoms. The number of amides is 1. The summed E-state index contributed by atoms with van der Waals surface area (Å²) in [4.78, 5) is 24.4. The molecule has 2 aromatic heterocycles. The van der Waals surface area contributed by atoms with Crippen LogP contribution in [0, 0.1) is 15.6 Å². The zero-order valence-corrected chi connectivity index (χ0v) is 19.6. The lowest BCUT2D eigenvalue weighted by atomic mass is 10.1. The Balaban J connectivity index is 1.67. The highest BCUT2D eigenvalue weighted by Gasteiger charge is 2.21. The van der Waals surface area contributed by atoms with Crippen molar-refractivity contribution in [2.75, 3.05) is 18.9 Å². The van der Waals surface area contributed by atoms with Crippen molar-refractivity contribution in [3.63, 3.8) is 0 Å². The average Bonchev–Trinajstić information content (AvgIpc) is 3.29. The summed E-state index contributed by atoms with van der Waals surface area (Å²) in [5.74, 6) is 1.80. The smallest absolute Gasteiger partial charge is 0.312 e. The van der Waals surface area contributed by atoms with Crippen molar-refractivity contribution in [3.05, 3.63) is 38.7 Å². The molecule has 31 heavy (non-hydrogen) atoms. The Morgan fingerprint density at radius 1 is 1.35 bits per heavy atom. The zero-order chi connectivity index (χ0) is 22.1. The fraction of sp³-hybridized carbons (Fsp3) is 0.429. The van der Waals surface area contributed by atoms with E-state index in [9.17, 15) is 9.18 Å². The van der Waals surface area contributed by atoms with Gasteiger partial charge in [-0.1, -0.05) is 13.8 Å². The molecule has 0 saturated heterocycles. The number of hydrogen-bond acceptors (Lipinski definition) is 6. The summed E-state index contributed by atoms with van der Waals surface area (Å²) in [6, 6.07) is 4.15. The van der Waals surface area contributed by atoms with Gasteiger partial charge < -0.3 is 20.4 Å². The quantitative estimate of drug-likeness (QED) is 0.354. The van der Waals surface area contributed by atoms with Crippen molar-refractivity contribution in [2.24, 2.45) is 5.92 Å². The van der Waals surface area contributed by atoms with Crippen LogP contribution in [0.3, 0.4) is 0 Å². The van der Waals surface area contributed by atoms with E-state index in [1.807, 2.05) is 19.9 Å². The first-order chi connectivity index (χ1) is 14.8. The third-order valence-corrected chi connectivity index (χ3v) is 6.15. The van der Waals surface area contributed by atoms with E-state index in [0.717, 1.165) is 21.3 Å². The first-order valence-corrected chi connectivity index (χ1v) is 11.3. The number of nitrogens with one attached hydrogen (secondary N) is 1. The zero-order valence-electron chi connectivity index (χ0n) is 17.4. The first-order valence-electron chi connectivity index (χ1n) is 10.2. The molecule has 164 valence electrons. The second-order valence-corrected chi connectivity index (χ2v) is 9.17. The highest BCUT2D eigenvalue weighted by atomic mass is 127. The molecule has 1 aliphatic heterocycles. The number of nitrogens with zero attached hydrogens (tertiary/aromatic N) is 4. The number of hydrogen-bond donors (Lipinski definition) is 2. The van der Waals surface area contributed by atoms with Crippen molar-refractivity contribution in [1.29, 1.82) is 0 Å². The van der Waals surface area contributed by atoms with E-state index < -0.39 is 6.08 Å². The number of aryl methyl sites for hydroxylation is 1. The highest BCUT2D eigenvalue weighted by molar-refractivity contribution is 14.1. The number of carbonyl (C=O) groups excluding carboxylic acids is 1. The van der Waals surface area contributed by atoms with Crippen molar-refractivity contribution in [1.82, 2.24) is 24.8 Å². The number of anilines is 1. The fourth-order valence-corrected chi connectivity index (χ4v) is 4.29. The van der Waals surface area contributed by atoms with Gasteiger partial charge in [-0.3, -0.25) is 4.79 Å². The number of halogens is 2. The number of fused-ring (bicyclic) bond motifs is 2. The molecule has 3 N–H and O–H groups in total. The van der Waals surface area contributed by atoms with E-state index in [1.165, 1.54) is 5.56 Å². The number of carbonyl (C=O) groups is 1. The summed E-state index contributed by atoms with van der Waals surface area (Å²) >= 11 is 2.30. The second-order valence-electron chi connectivity index (χ2n) is 8.00. The summed E-state index contributed by atoms with van der Waals surface area (Å²) in [7, 11) is 0. The third kappa shape index (κ3) is 4.73. The minimum Gasteiger partial charge on any atom is -0.493 e. The lowest BCUT2D eigenvalue weighted by Gasteiger charge is -2.12. The molecular formula is C21H24FIN6O2. The molecule has 0 bridgehead atoms. The van der Waals surface area contributed by atoms with Crippen molar-refractivity contribution < 1.29 is 13.9 Å². The molecule has 0 radical (unpaired) electrons. The molecular weight excluding hydrogens is 514 g/mol. The molecule has 4 rings (SSSR count). The fourth-order valence-electron chi connectivity index (χ4n) is 3.57. The number of imidazole rings is 1. The molecule has 8 nitrogen and oxygen atoms in total. The van der Waals surface area contributed by atoms with E-state index in [1.54, 1.807) is 4.57 Å². The number of aromatic nitrogens is 4. The van der Waals surface area contributed by atoms with Crippen molar-refractivity contribution >= 4 is 45.5 Å². The van der Waals surface area contributed by atoms with E-state index in [2.05, 4.69) is 48.9 Å². The van der Waals surface area contributed by atoms with E-state index in [-0.39, 0.29) is 18.1 Å². The molecule has 1 amide bonds. The van der Waals surface area contributed by atoms with Crippen molar-refractivity contribution in [2.45, 2.75) is 39.7 Å². The van der Waals surface area contributed by atoms with Crippen LogP contribution in [0.2, 0.25) is 0 Å². The standard InChI is InChI=1S/C21H24FIN6O2/c1-11(2)10-25-17(30)3-5-29-16(26-18-19(24)27-21(22)28-20(18)29)9-13-8-15-12(4-6-31-15)7-14(13)23/h7-8,11H,3-6,9-10H2,1-2H3,(H,25,30)(H2,24,27,28). The van der Waals surface area contributed by atoms with E-state index in [0.29, 0.717) is 49.0 Å². The third-order valence-electron chi connectivity index (χ3n) is 5.15. The molecule has 0 fully saturated rings. The lowest BCUT2D eigenvalue weighted by molar-refractivity contribution is -0.121. The first kappa shape index (κ1) is 21.7. The molecule has 1 aliphatic rings. The van der Waals surface area contributed by atoms with Crippen LogP contribution >= 0.6 is 22.6 Å². The average molecular weight is 538 g/mol. The van der Waals surface area contributed by atoms with Gasteiger partial charge in [-0.15, -0.1) is 0 Å². The number of nitrogen functional groups attached to an aromatic ring is 1. The van der Waals surface area contributed by atoms with Gasteiger partial charge in [0, 0.05) is 35.9 Å². The maximum atomic E-state index is 13.9. The van der Waals surface area contributed by atoms with Crippen LogP contribution in [0.15, 0.2) is 12.1 Å². The van der Waals surface area contributed by atoms with Gasteiger partial charge in [0.2, 0.25) is 5.91 Å². The second kappa shape index (κ2) is 8.93. The van der Waals surface area contributed by atoms with E-state index in [4.69, 9.17) is 10.5 Å². The summed E-state index contributed by atoms with van der Waals surface area (Å²) in [5.41, 5.74) is 8.77. The Morgan fingerprint density at radius 3 is 2.94 bits per heavy atom. The number of ether oxygens (including phenoxy) is 1. The van der Waals surface area contributed by atoms with Gasteiger partial charge in [0.1, 0.15) is 11.6 Å². The number of benzene rings is 1. The van der Waals surface area contributed by atoms with Crippen LogP contribution in [0.4, 0.5) is 10.2 Å². The van der Waals surface area contributed by atoms with Gasteiger partial charge >= 0.3 is 6.08 Å². The maximum absolute atomic E-state index is 13.9. The SMILES string of the molecule is CC(C)CNC(=O)CCn1c(Cc2cc3c(cc2I)CCO3)nc2c(N)nc(F)nc21. The highest BCUT2D eigenvalue weighted by Crippen LogP contribution is 2.31. The minimum atomic E-state index is -0.914. The van der Waals surface area contributed by atoms with Gasteiger partial charge in [0.25, 0.3) is 0 Å². The van der Waals surface area contributed by atoms with Gasteiger partial charge in [0.05, 0.1) is 6.61 Å². The van der Waals surface area contributed by atoms with Gasteiger partial charge in [0.15, 0.2) is 17.0 Å². The normalized spacial score (nSPS) is 12.9. The van der Waals surface area contributed by atoms with Crippen LogP contribution in [-0.2, 0) is 24.2 Å². The van der Waals surface area contributed by atoms with Crippen LogP contribution in [0.5, 0.6) is 5.75 Å². The van der Waals surface area contributed by atoms with Crippen LogP contribution < -0.4 is 15.8 Å². The Labute approximate surface area is 192 Å². The Hall–Kier alpha value is -2.50. The Bertz CT molecular complexity index is 1150. The van der Waals surface area contributed by atoms with Crippen LogP contribution in [0.25, 0.3) is 11.2 Å². The monoisotopic (exact) mass is 538 g/mol. The number of nitrogens with two attached hydrogens (primary N) is 1.